The number of nitrogens with zero attached hydrogens (tertiary/aromatic N) is 2. The molecular weight excluding hydrogens is 404 g/mol. The zero-order valence-corrected chi connectivity index (χ0v) is 18.0. The number of hydrogen-bond acceptors (Lipinski definition) is 5. The zero-order valence-electron chi connectivity index (χ0n) is 17.2. The van der Waals surface area contributed by atoms with Gasteiger partial charge in [-0.05, 0) is 49.1 Å². The minimum atomic E-state index is -3.63. The minimum absolute atomic E-state index is 0.0573. The lowest BCUT2D eigenvalue weighted by Gasteiger charge is -2.18. The second-order valence-electron chi connectivity index (χ2n) is 7.39. The summed E-state index contributed by atoms with van der Waals surface area (Å²) in [5.41, 5.74) is 2.19. The van der Waals surface area contributed by atoms with Gasteiger partial charge in [0.05, 0.1) is 10.5 Å². The molecule has 7 nitrogen and oxygen atoms in total. The molecular formula is C22H26N2O5S. The Morgan fingerprint density at radius 1 is 1.07 bits per heavy atom. The third-order valence-corrected chi connectivity index (χ3v) is 7.09. The van der Waals surface area contributed by atoms with Gasteiger partial charge < -0.3 is 9.64 Å². The van der Waals surface area contributed by atoms with Crippen molar-refractivity contribution >= 4 is 21.9 Å². The Hall–Kier alpha value is -2.71. The van der Waals surface area contributed by atoms with Crippen LogP contribution in [0.15, 0.2) is 53.4 Å². The Balaban J connectivity index is 1.61. The van der Waals surface area contributed by atoms with Gasteiger partial charge in [-0.3, -0.25) is 4.79 Å². The molecule has 30 heavy (non-hydrogen) atoms. The summed E-state index contributed by atoms with van der Waals surface area (Å²) in [6.07, 6.45) is 1.66. The van der Waals surface area contributed by atoms with Gasteiger partial charge in [0.2, 0.25) is 10.0 Å². The van der Waals surface area contributed by atoms with Gasteiger partial charge in [0.25, 0.3) is 5.91 Å². The molecule has 1 fully saturated rings. The summed E-state index contributed by atoms with van der Waals surface area (Å²) >= 11 is 0. The third kappa shape index (κ3) is 5.06. The number of ether oxygens (including phenoxy) is 1. The first-order valence-corrected chi connectivity index (χ1v) is 11.3. The van der Waals surface area contributed by atoms with Crippen LogP contribution in [-0.2, 0) is 26.1 Å². The normalized spacial score (nSPS) is 14.5. The highest BCUT2D eigenvalue weighted by Crippen LogP contribution is 2.21. The highest BCUT2D eigenvalue weighted by atomic mass is 32.2. The second-order valence-corrected chi connectivity index (χ2v) is 9.33. The van der Waals surface area contributed by atoms with E-state index in [0.717, 1.165) is 24.0 Å². The van der Waals surface area contributed by atoms with Crippen LogP contribution in [0.3, 0.4) is 0 Å². The molecule has 160 valence electrons. The van der Waals surface area contributed by atoms with Crippen LogP contribution >= 0.6 is 0 Å². The van der Waals surface area contributed by atoms with Crippen molar-refractivity contribution in [2.45, 2.75) is 31.2 Å². The van der Waals surface area contributed by atoms with E-state index < -0.39 is 22.6 Å². The number of aryl methyl sites for hydroxylation is 1. The maximum atomic E-state index is 12.7. The van der Waals surface area contributed by atoms with Crippen LogP contribution in [-0.4, -0.2) is 56.2 Å². The van der Waals surface area contributed by atoms with Crippen molar-refractivity contribution in [2.75, 3.05) is 26.7 Å². The van der Waals surface area contributed by atoms with Gasteiger partial charge in [0.1, 0.15) is 0 Å². The number of amides is 1. The summed E-state index contributed by atoms with van der Waals surface area (Å²) in [5, 5.41) is 0. The summed E-state index contributed by atoms with van der Waals surface area (Å²) in [7, 11) is -1.98. The van der Waals surface area contributed by atoms with Gasteiger partial charge in [-0.25, -0.2) is 13.2 Å². The average molecular weight is 431 g/mol. The fourth-order valence-corrected chi connectivity index (χ4v) is 4.88. The fourth-order valence-electron chi connectivity index (χ4n) is 3.31. The van der Waals surface area contributed by atoms with E-state index in [1.165, 1.54) is 33.5 Å². The van der Waals surface area contributed by atoms with Gasteiger partial charge in [0.15, 0.2) is 6.61 Å². The number of carbonyl (C=O) groups is 2. The predicted octanol–water partition coefficient (Wildman–Crippen LogP) is 2.59. The van der Waals surface area contributed by atoms with Crippen molar-refractivity contribution in [1.82, 2.24) is 9.21 Å². The lowest BCUT2D eigenvalue weighted by molar-refractivity contribution is -0.133. The number of esters is 1. The Bertz CT molecular complexity index is 1030. The number of hydrogen-bond donors (Lipinski definition) is 0. The molecule has 2 aromatic rings. The molecule has 0 radical (unpaired) electrons. The summed E-state index contributed by atoms with van der Waals surface area (Å²) in [5.74, 6) is -1.07. The first-order valence-electron chi connectivity index (χ1n) is 9.85. The molecule has 0 N–H and O–H groups in total. The van der Waals surface area contributed by atoms with Crippen LogP contribution in [0.4, 0.5) is 0 Å². The first-order chi connectivity index (χ1) is 14.3. The molecule has 3 rings (SSSR count). The van der Waals surface area contributed by atoms with Gasteiger partial charge in [0, 0.05) is 26.7 Å². The van der Waals surface area contributed by atoms with E-state index >= 15 is 0 Å². The monoisotopic (exact) mass is 430 g/mol. The lowest BCUT2D eigenvalue weighted by atomic mass is 10.1. The molecule has 1 aliphatic heterocycles. The highest BCUT2D eigenvalue weighted by Gasteiger charge is 2.27. The summed E-state index contributed by atoms with van der Waals surface area (Å²) in [6, 6.07) is 13.5. The number of benzene rings is 2. The topological polar surface area (TPSA) is 84.0 Å². The average Bonchev–Trinajstić information content (AvgIpc) is 3.29. The van der Waals surface area contributed by atoms with Crippen molar-refractivity contribution in [1.29, 1.82) is 0 Å². The molecule has 0 atom stereocenters. The second kappa shape index (κ2) is 9.40. The van der Waals surface area contributed by atoms with E-state index in [1.807, 2.05) is 31.2 Å². The van der Waals surface area contributed by atoms with Gasteiger partial charge >= 0.3 is 5.97 Å². The largest absolute Gasteiger partial charge is 0.452 e. The van der Waals surface area contributed by atoms with Crippen molar-refractivity contribution < 1.29 is 22.7 Å². The van der Waals surface area contributed by atoms with Crippen LogP contribution in [0.5, 0.6) is 0 Å². The number of rotatable bonds is 7. The number of likely N-dealkylation sites (N-methyl/N-ethyl adjacent to an activating group) is 1. The Kier molecular flexibility index (Phi) is 6.89. The van der Waals surface area contributed by atoms with E-state index in [1.54, 1.807) is 7.05 Å². The standard InChI is InChI=1S/C22H26N2O5S/c1-17-8-3-4-9-19(17)15-23(2)21(25)16-29-22(26)18-10-7-11-20(14-18)30(27,28)24-12-5-6-13-24/h3-4,7-11,14H,5-6,12-13,15-16H2,1-2H3. The molecule has 0 unspecified atom stereocenters. The molecule has 1 amide bonds. The summed E-state index contributed by atoms with van der Waals surface area (Å²) in [6.45, 7) is 2.94. The van der Waals surface area contributed by atoms with Crippen LogP contribution in [0.1, 0.15) is 34.3 Å². The van der Waals surface area contributed by atoms with Gasteiger partial charge in [-0.2, -0.15) is 4.31 Å². The van der Waals surface area contributed by atoms with E-state index in [-0.39, 0.29) is 16.4 Å². The summed E-state index contributed by atoms with van der Waals surface area (Å²) in [4.78, 5) is 26.3. The van der Waals surface area contributed by atoms with Gasteiger partial charge in [-0.15, -0.1) is 0 Å². The number of carbonyl (C=O) groups excluding carboxylic acids is 2. The highest BCUT2D eigenvalue weighted by molar-refractivity contribution is 7.89. The molecule has 1 aliphatic rings. The minimum Gasteiger partial charge on any atom is -0.452 e. The molecule has 1 heterocycles. The van der Waals surface area contributed by atoms with E-state index in [9.17, 15) is 18.0 Å². The quantitative estimate of drug-likeness (QED) is 0.631. The van der Waals surface area contributed by atoms with E-state index in [2.05, 4.69) is 0 Å². The summed E-state index contributed by atoms with van der Waals surface area (Å²) < 4.78 is 31.9. The van der Waals surface area contributed by atoms with Crippen molar-refractivity contribution in [3.05, 3.63) is 65.2 Å². The molecule has 0 aromatic heterocycles. The zero-order chi connectivity index (χ0) is 21.7. The lowest BCUT2D eigenvalue weighted by Crippen LogP contribution is -2.31. The first kappa shape index (κ1) is 22.0. The molecule has 1 saturated heterocycles. The van der Waals surface area contributed by atoms with Crippen LogP contribution in [0, 0.1) is 6.92 Å². The Morgan fingerprint density at radius 2 is 1.77 bits per heavy atom. The molecule has 0 aliphatic carbocycles. The van der Waals surface area contributed by atoms with E-state index in [4.69, 9.17) is 4.74 Å². The van der Waals surface area contributed by atoms with Crippen molar-refractivity contribution in [2.24, 2.45) is 0 Å². The maximum Gasteiger partial charge on any atom is 0.338 e. The molecule has 0 spiro atoms. The molecule has 2 aromatic carbocycles. The predicted molar refractivity (Wildman–Crippen MR) is 112 cm³/mol. The van der Waals surface area contributed by atoms with Crippen LogP contribution in [0.2, 0.25) is 0 Å². The fraction of sp³-hybridized carbons (Fsp3) is 0.364. The Morgan fingerprint density at radius 3 is 2.47 bits per heavy atom. The SMILES string of the molecule is Cc1ccccc1CN(C)C(=O)COC(=O)c1cccc(S(=O)(=O)N2CCCC2)c1. The maximum absolute atomic E-state index is 12.7. The van der Waals surface area contributed by atoms with Crippen molar-refractivity contribution in [3.8, 4) is 0 Å². The third-order valence-electron chi connectivity index (χ3n) is 5.19. The number of sulfonamides is 1. The Labute approximate surface area is 177 Å². The molecule has 0 saturated carbocycles. The van der Waals surface area contributed by atoms with Gasteiger partial charge in [-0.1, -0.05) is 30.3 Å². The molecule has 0 bridgehead atoms. The smallest absolute Gasteiger partial charge is 0.338 e. The molecule has 8 heteroatoms. The van der Waals surface area contributed by atoms with Crippen LogP contribution in [0.25, 0.3) is 0 Å². The van der Waals surface area contributed by atoms with Crippen LogP contribution < -0.4 is 0 Å². The van der Waals surface area contributed by atoms with Crippen molar-refractivity contribution in [3.63, 3.8) is 0 Å². The van der Waals surface area contributed by atoms with E-state index in [0.29, 0.717) is 19.6 Å².